The van der Waals surface area contributed by atoms with Crippen LogP contribution in [0.4, 0.5) is 23.1 Å². The lowest BCUT2D eigenvalue weighted by Gasteiger charge is -2.36. The van der Waals surface area contributed by atoms with Gasteiger partial charge in [0, 0.05) is 37.6 Å². The van der Waals surface area contributed by atoms with Gasteiger partial charge in [-0.05, 0) is 48.5 Å². The number of benzene rings is 3. The lowest BCUT2D eigenvalue weighted by atomic mass is 10.2. The molecular weight excluding hydrogens is 450 g/mol. The molecule has 8 nitrogen and oxygen atoms in total. The van der Waals surface area contributed by atoms with E-state index < -0.39 is 0 Å². The summed E-state index contributed by atoms with van der Waals surface area (Å²) in [5.41, 5.74) is 3.90. The molecule has 1 aliphatic heterocycles. The van der Waals surface area contributed by atoms with Gasteiger partial charge in [-0.15, -0.1) is 0 Å². The van der Waals surface area contributed by atoms with Crippen LogP contribution in [0, 0.1) is 0 Å². The van der Waals surface area contributed by atoms with Crippen LogP contribution in [0.25, 0.3) is 16.7 Å². The number of piperazine rings is 1. The van der Waals surface area contributed by atoms with E-state index in [2.05, 4.69) is 50.5 Å². The summed E-state index contributed by atoms with van der Waals surface area (Å²) in [6.07, 6.45) is 1.82. The van der Waals surface area contributed by atoms with Crippen LogP contribution in [0.3, 0.4) is 0 Å². The van der Waals surface area contributed by atoms with Gasteiger partial charge >= 0.3 is 0 Å². The minimum atomic E-state index is 0.698. The highest BCUT2D eigenvalue weighted by atomic mass is 16.5. The molecule has 5 aromatic rings. The number of fused-ring (bicyclic) bond motifs is 1. The predicted octanol–water partition coefficient (Wildman–Crippen LogP) is 4.89. The van der Waals surface area contributed by atoms with Crippen molar-refractivity contribution in [2.24, 2.45) is 0 Å². The van der Waals surface area contributed by atoms with Gasteiger partial charge in [-0.2, -0.15) is 15.1 Å². The van der Waals surface area contributed by atoms with Gasteiger partial charge in [0.25, 0.3) is 0 Å². The van der Waals surface area contributed by atoms with Crippen molar-refractivity contribution in [2.45, 2.75) is 0 Å². The van der Waals surface area contributed by atoms with Crippen LogP contribution in [0.5, 0.6) is 5.75 Å². The Morgan fingerprint density at radius 1 is 0.722 bits per heavy atom. The van der Waals surface area contributed by atoms with E-state index in [0.717, 1.165) is 60.2 Å². The van der Waals surface area contributed by atoms with E-state index in [0.29, 0.717) is 5.95 Å². The van der Waals surface area contributed by atoms with Crippen molar-refractivity contribution in [3.63, 3.8) is 0 Å². The van der Waals surface area contributed by atoms with E-state index >= 15 is 0 Å². The van der Waals surface area contributed by atoms with Crippen LogP contribution in [0.1, 0.15) is 0 Å². The van der Waals surface area contributed by atoms with E-state index in [1.54, 1.807) is 7.11 Å². The molecule has 0 saturated carbocycles. The largest absolute Gasteiger partial charge is 0.497 e. The van der Waals surface area contributed by atoms with Crippen molar-refractivity contribution < 1.29 is 4.74 Å². The number of hydrogen-bond donors (Lipinski definition) is 1. The Bertz CT molecular complexity index is 1440. The van der Waals surface area contributed by atoms with Gasteiger partial charge in [0.05, 0.1) is 24.4 Å². The Labute approximate surface area is 209 Å². The maximum absolute atomic E-state index is 5.30. The lowest BCUT2D eigenvalue weighted by molar-refractivity contribution is 0.415. The molecule has 3 heterocycles. The first kappa shape index (κ1) is 21.9. The average molecular weight is 478 g/mol. The van der Waals surface area contributed by atoms with Crippen molar-refractivity contribution in [3.05, 3.63) is 91.1 Å². The van der Waals surface area contributed by atoms with E-state index in [-0.39, 0.29) is 0 Å². The Hall–Kier alpha value is -4.59. The molecule has 3 aromatic carbocycles. The van der Waals surface area contributed by atoms with E-state index in [4.69, 9.17) is 14.7 Å². The number of ether oxygens (including phenoxy) is 1. The topological polar surface area (TPSA) is 71.3 Å². The first-order valence-electron chi connectivity index (χ1n) is 12.1. The maximum atomic E-state index is 5.30. The fourth-order valence-corrected chi connectivity index (χ4v) is 4.51. The van der Waals surface area contributed by atoms with Crippen molar-refractivity contribution in [3.8, 4) is 11.4 Å². The molecule has 0 unspecified atom stereocenters. The third-order valence-electron chi connectivity index (χ3n) is 6.45. The summed E-state index contributed by atoms with van der Waals surface area (Å²) < 4.78 is 7.18. The SMILES string of the molecule is COc1ccc(Nc2nc(N3CCN(c4ccccc4)CC3)nc3c2cnn3-c2ccccc2)cc1. The Balaban J connectivity index is 1.36. The molecule has 6 rings (SSSR count). The average Bonchev–Trinajstić information content (AvgIpc) is 3.39. The molecule has 2 aromatic heterocycles. The molecule has 36 heavy (non-hydrogen) atoms. The Morgan fingerprint density at radius 3 is 2.03 bits per heavy atom. The highest BCUT2D eigenvalue weighted by Gasteiger charge is 2.22. The normalized spacial score (nSPS) is 13.7. The zero-order valence-electron chi connectivity index (χ0n) is 20.1. The fraction of sp³-hybridized carbons (Fsp3) is 0.179. The molecule has 0 amide bonds. The summed E-state index contributed by atoms with van der Waals surface area (Å²) in [5.74, 6) is 2.24. The molecule has 0 atom stereocenters. The van der Waals surface area contributed by atoms with E-state index in [1.807, 2.05) is 65.5 Å². The van der Waals surface area contributed by atoms with Crippen molar-refractivity contribution in [1.29, 1.82) is 0 Å². The van der Waals surface area contributed by atoms with Crippen LogP contribution in [-0.4, -0.2) is 53.0 Å². The van der Waals surface area contributed by atoms with Gasteiger partial charge in [-0.25, -0.2) is 4.68 Å². The number of methoxy groups -OCH3 is 1. The molecule has 1 saturated heterocycles. The highest BCUT2D eigenvalue weighted by molar-refractivity contribution is 5.90. The summed E-state index contributed by atoms with van der Waals surface area (Å²) in [7, 11) is 1.66. The molecule has 0 bridgehead atoms. The lowest BCUT2D eigenvalue weighted by Crippen LogP contribution is -2.47. The van der Waals surface area contributed by atoms with Crippen molar-refractivity contribution >= 4 is 34.2 Å². The van der Waals surface area contributed by atoms with E-state index in [1.165, 1.54) is 5.69 Å². The van der Waals surface area contributed by atoms with Crippen LogP contribution in [0.2, 0.25) is 0 Å². The molecular formula is C28H27N7O. The van der Waals surface area contributed by atoms with Gasteiger partial charge in [0.1, 0.15) is 11.6 Å². The molecule has 1 fully saturated rings. The second-order valence-electron chi connectivity index (χ2n) is 8.66. The van der Waals surface area contributed by atoms with Crippen molar-refractivity contribution in [1.82, 2.24) is 19.7 Å². The Morgan fingerprint density at radius 2 is 1.36 bits per heavy atom. The highest BCUT2D eigenvalue weighted by Crippen LogP contribution is 2.29. The van der Waals surface area contributed by atoms with Gasteiger partial charge in [0.15, 0.2) is 5.65 Å². The van der Waals surface area contributed by atoms with Gasteiger partial charge in [-0.1, -0.05) is 36.4 Å². The summed E-state index contributed by atoms with van der Waals surface area (Å²) in [4.78, 5) is 14.6. The van der Waals surface area contributed by atoms with Gasteiger partial charge in [0.2, 0.25) is 5.95 Å². The van der Waals surface area contributed by atoms with Crippen molar-refractivity contribution in [2.75, 3.05) is 48.4 Å². The number of rotatable bonds is 6. The maximum Gasteiger partial charge on any atom is 0.229 e. The zero-order chi connectivity index (χ0) is 24.3. The number of nitrogens with zero attached hydrogens (tertiary/aromatic N) is 6. The van der Waals surface area contributed by atoms with Crippen LogP contribution < -0.4 is 19.9 Å². The van der Waals surface area contributed by atoms with Gasteiger partial charge in [-0.3, -0.25) is 0 Å². The zero-order valence-corrected chi connectivity index (χ0v) is 20.1. The fourth-order valence-electron chi connectivity index (χ4n) is 4.51. The second-order valence-corrected chi connectivity index (χ2v) is 8.66. The molecule has 8 heteroatoms. The van der Waals surface area contributed by atoms with Crippen LogP contribution in [0.15, 0.2) is 91.1 Å². The monoisotopic (exact) mass is 477 g/mol. The third kappa shape index (κ3) is 4.29. The summed E-state index contributed by atoms with van der Waals surface area (Å²) in [6.45, 7) is 3.49. The number of nitrogens with one attached hydrogen (secondary N) is 1. The minimum Gasteiger partial charge on any atom is -0.497 e. The molecule has 0 radical (unpaired) electrons. The Kier molecular flexibility index (Phi) is 5.83. The summed E-state index contributed by atoms with van der Waals surface area (Å²) in [5, 5.41) is 9.00. The third-order valence-corrected chi connectivity index (χ3v) is 6.45. The second kappa shape index (κ2) is 9.58. The molecule has 180 valence electrons. The number of para-hydroxylation sites is 2. The molecule has 0 spiro atoms. The standard InChI is InChI=1S/C28H27N7O/c1-36-24-14-12-21(13-15-24)30-26-25-20-29-35(23-10-6-3-7-11-23)27(25)32-28(31-26)34-18-16-33(17-19-34)22-8-4-2-5-9-22/h2-15,20H,16-19H2,1H3,(H,30,31,32). The first-order valence-corrected chi connectivity index (χ1v) is 12.1. The summed E-state index contributed by atoms with van der Waals surface area (Å²) in [6, 6.07) is 28.4. The number of hydrogen-bond acceptors (Lipinski definition) is 7. The first-order chi connectivity index (χ1) is 17.8. The summed E-state index contributed by atoms with van der Waals surface area (Å²) >= 11 is 0. The van der Waals surface area contributed by atoms with Crippen LogP contribution in [-0.2, 0) is 0 Å². The van der Waals surface area contributed by atoms with Crippen LogP contribution >= 0.6 is 0 Å². The van der Waals surface area contributed by atoms with Gasteiger partial charge < -0.3 is 19.9 Å². The molecule has 1 aliphatic rings. The quantitative estimate of drug-likeness (QED) is 0.373. The minimum absolute atomic E-state index is 0.698. The molecule has 1 N–H and O–H groups in total. The smallest absolute Gasteiger partial charge is 0.229 e. The van der Waals surface area contributed by atoms with E-state index in [9.17, 15) is 0 Å². The number of anilines is 4. The number of aromatic nitrogens is 4. The molecule has 0 aliphatic carbocycles. The predicted molar refractivity (Wildman–Crippen MR) is 144 cm³/mol.